The van der Waals surface area contributed by atoms with Crippen LogP contribution in [0.1, 0.15) is 13.3 Å². The summed E-state index contributed by atoms with van der Waals surface area (Å²) in [6.45, 7) is 1.89. The molecule has 0 amide bonds. The van der Waals surface area contributed by atoms with Gasteiger partial charge in [0.25, 0.3) is 5.69 Å². The van der Waals surface area contributed by atoms with Gasteiger partial charge in [-0.1, -0.05) is 0 Å². The third-order valence-corrected chi connectivity index (χ3v) is 3.21. The molecule has 1 rings (SSSR count). The van der Waals surface area contributed by atoms with E-state index in [1.807, 2.05) is 6.92 Å². The number of nitro groups is 1. The SMILES string of the molecule is CC(CCS(C)=O)Nc1cc([N+](=O)[O-])cc(NN)n1. The van der Waals surface area contributed by atoms with Crippen LogP contribution >= 0.6 is 0 Å². The van der Waals surface area contributed by atoms with E-state index in [2.05, 4.69) is 15.7 Å². The molecule has 4 N–H and O–H groups in total. The Labute approximate surface area is 113 Å². The Balaban J connectivity index is 2.79. The van der Waals surface area contributed by atoms with Gasteiger partial charge in [-0.2, -0.15) is 0 Å². The number of hydrogen-bond donors (Lipinski definition) is 3. The molecule has 0 aliphatic rings. The minimum absolute atomic E-state index is 0.00373. The van der Waals surface area contributed by atoms with Gasteiger partial charge in [-0.05, 0) is 13.3 Å². The lowest BCUT2D eigenvalue weighted by Gasteiger charge is -2.14. The van der Waals surface area contributed by atoms with Crippen LogP contribution in [0, 0.1) is 10.1 Å². The van der Waals surface area contributed by atoms with E-state index in [1.165, 1.54) is 12.1 Å². The molecule has 2 atom stereocenters. The lowest BCUT2D eigenvalue weighted by Crippen LogP contribution is -2.19. The van der Waals surface area contributed by atoms with E-state index < -0.39 is 15.7 Å². The smallest absolute Gasteiger partial charge is 0.276 e. The van der Waals surface area contributed by atoms with Crippen molar-refractivity contribution >= 4 is 28.1 Å². The van der Waals surface area contributed by atoms with Gasteiger partial charge in [0.2, 0.25) is 0 Å². The van der Waals surface area contributed by atoms with Crippen LogP contribution < -0.4 is 16.6 Å². The van der Waals surface area contributed by atoms with Crippen molar-refractivity contribution in [2.45, 2.75) is 19.4 Å². The molecule has 0 radical (unpaired) electrons. The van der Waals surface area contributed by atoms with Gasteiger partial charge < -0.3 is 10.7 Å². The van der Waals surface area contributed by atoms with Crippen molar-refractivity contribution in [3.05, 3.63) is 22.2 Å². The number of hydrazine groups is 1. The minimum Gasteiger partial charge on any atom is -0.367 e. The molecule has 8 nitrogen and oxygen atoms in total. The molecule has 0 aromatic carbocycles. The molecule has 0 aliphatic heterocycles. The van der Waals surface area contributed by atoms with Gasteiger partial charge in [0.1, 0.15) is 11.6 Å². The van der Waals surface area contributed by atoms with Crippen LogP contribution in [0.25, 0.3) is 0 Å². The van der Waals surface area contributed by atoms with E-state index in [0.29, 0.717) is 18.0 Å². The fraction of sp³-hybridized carbons (Fsp3) is 0.500. The van der Waals surface area contributed by atoms with Crippen molar-refractivity contribution in [1.29, 1.82) is 0 Å². The third-order valence-electron chi connectivity index (χ3n) is 2.40. The topological polar surface area (TPSA) is 123 Å². The average molecular weight is 287 g/mol. The van der Waals surface area contributed by atoms with Gasteiger partial charge in [0.15, 0.2) is 0 Å². The molecular formula is C10H17N5O3S. The molecule has 0 saturated carbocycles. The van der Waals surface area contributed by atoms with E-state index in [0.717, 1.165) is 0 Å². The maximum atomic E-state index is 11.0. The maximum absolute atomic E-state index is 11.0. The predicted octanol–water partition coefficient (Wildman–Crippen LogP) is 0.844. The van der Waals surface area contributed by atoms with Crippen LogP contribution in [-0.4, -0.2) is 32.2 Å². The first-order chi connectivity index (χ1) is 8.92. The van der Waals surface area contributed by atoms with Gasteiger partial charge in [0.05, 0.1) is 17.1 Å². The number of pyridine rings is 1. The Morgan fingerprint density at radius 3 is 2.68 bits per heavy atom. The Bertz CT molecular complexity index is 482. The van der Waals surface area contributed by atoms with Crippen LogP contribution in [0.4, 0.5) is 17.3 Å². The lowest BCUT2D eigenvalue weighted by atomic mass is 10.2. The highest BCUT2D eigenvalue weighted by Crippen LogP contribution is 2.20. The standard InChI is InChI=1S/C10H17N5O3S/c1-7(3-4-19(2)18)12-9-5-8(15(16)17)6-10(13-9)14-11/h5-7H,3-4,11H2,1-2H3,(H2,12,13,14). The summed E-state index contributed by atoms with van der Waals surface area (Å²) in [5.74, 6) is 6.34. The largest absolute Gasteiger partial charge is 0.367 e. The number of hydrogen-bond acceptors (Lipinski definition) is 7. The molecule has 9 heteroatoms. The molecule has 0 fully saturated rings. The maximum Gasteiger partial charge on any atom is 0.276 e. The average Bonchev–Trinajstić information content (AvgIpc) is 2.35. The number of aromatic nitrogens is 1. The lowest BCUT2D eigenvalue weighted by molar-refractivity contribution is -0.384. The van der Waals surface area contributed by atoms with Gasteiger partial charge >= 0.3 is 0 Å². The monoisotopic (exact) mass is 287 g/mol. The summed E-state index contributed by atoms with van der Waals surface area (Å²) in [7, 11) is -0.863. The Morgan fingerprint density at radius 2 is 2.16 bits per heavy atom. The van der Waals surface area contributed by atoms with Crippen molar-refractivity contribution in [2.75, 3.05) is 22.8 Å². The third kappa shape index (κ3) is 5.18. The Hall–Kier alpha value is -1.74. The van der Waals surface area contributed by atoms with Gasteiger partial charge in [-0.3, -0.25) is 14.3 Å². The van der Waals surface area contributed by atoms with Crippen LogP contribution in [0.5, 0.6) is 0 Å². The molecule has 2 unspecified atom stereocenters. The van der Waals surface area contributed by atoms with E-state index in [-0.39, 0.29) is 17.5 Å². The quantitative estimate of drug-likeness (QED) is 0.386. The molecule has 1 heterocycles. The summed E-state index contributed by atoms with van der Waals surface area (Å²) < 4.78 is 11.0. The molecule has 0 spiro atoms. The molecule has 19 heavy (non-hydrogen) atoms. The number of rotatable bonds is 7. The van der Waals surface area contributed by atoms with E-state index in [1.54, 1.807) is 6.26 Å². The van der Waals surface area contributed by atoms with Crippen LogP contribution in [-0.2, 0) is 10.8 Å². The number of anilines is 2. The first kappa shape index (κ1) is 15.3. The summed E-state index contributed by atoms with van der Waals surface area (Å²) in [4.78, 5) is 14.3. The Kier molecular flexibility index (Phi) is 5.64. The summed E-state index contributed by atoms with van der Waals surface area (Å²) >= 11 is 0. The fourth-order valence-corrected chi connectivity index (χ4v) is 2.12. The highest BCUT2D eigenvalue weighted by molar-refractivity contribution is 7.84. The molecule has 1 aromatic rings. The summed E-state index contributed by atoms with van der Waals surface area (Å²) in [5.41, 5.74) is 2.18. The first-order valence-electron chi connectivity index (χ1n) is 5.62. The van der Waals surface area contributed by atoms with Gasteiger partial charge in [-0.15, -0.1) is 0 Å². The van der Waals surface area contributed by atoms with Crippen molar-refractivity contribution < 1.29 is 9.13 Å². The minimum atomic E-state index is -0.863. The summed E-state index contributed by atoms with van der Waals surface area (Å²) in [5, 5.41) is 13.8. The van der Waals surface area contributed by atoms with Crippen LogP contribution in [0.15, 0.2) is 12.1 Å². The molecule has 1 aromatic heterocycles. The summed E-state index contributed by atoms with van der Waals surface area (Å²) in [6.07, 6.45) is 2.31. The molecule has 0 saturated heterocycles. The second kappa shape index (κ2) is 7.00. The molecular weight excluding hydrogens is 270 g/mol. The van der Waals surface area contributed by atoms with Crippen LogP contribution in [0.3, 0.4) is 0 Å². The summed E-state index contributed by atoms with van der Waals surface area (Å²) in [6, 6.07) is 2.58. The van der Waals surface area contributed by atoms with Gasteiger partial charge in [0, 0.05) is 28.9 Å². The molecule has 106 valence electrons. The van der Waals surface area contributed by atoms with Crippen molar-refractivity contribution in [2.24, 2.45) is 5.84 Å². The van der Waals surface area contributed by atoms with Gasteiger partial charge in [-0.25, -0.2) is 10.8 Å². The van der Waals surface area contributed by atoms with E-state index >= 15 is 0 Å². The number of nitrogens with two attached hydrogens (primary N) is 1. The highest BCUT2D eigenvalue weighted by Gasteiger charge is 2.12. The normalized spacial score (nSPS) is 13.6. The Morgan fingerprint density at radius 1 is 1.53 bits per heavy atom. The number of nitrogen functional groups attached to an aromatic ring is 1. The zero-order chi connectivity index (χ0) is 14.4. The van der Waals surface area contributed by atoms with E-state index in [9.17, 15) is 14.3 Å². The number of nitrogens with one attached hydrogen (secondary N) is 2. The zero-order valence-corrected chi connectivity index (χ0v) is 11.6. The number of nitrogens with zero attached hydrogens (tertiary/aromatic N) is 2. The second-order valence-electron chi connectivity index (χ2n) is 4.11. The fourth-order valence-electron chi connectivity index (χ4n) is 1.44. The van der Waals surface area contributed by atoms with Crippen molar-refractivity contribution in [3.8, 4) is 0 Å². The van der Waals surface area contributed by atoms with Crippen molar-refractivity contribution in [1.82, 2.24) is 4.98 Å². The molecule has 0 aliphatic carbocycles. The second-order valence-corrected chi connectivity index (χ2v) is 5.66. The predicted molar refractivity (Wildman–Crippen MR) is 75.3 cm³/mol. The highest BCUT2D eigenvalue weighted by atomic mass is 32.2. The van der Waals surface area contributed by atoms with Crippen LogP contribution in [0.2, 0.25) is 0 Å². The first-order valence-corrected chi connectivity index (χ1v) is 7.34. The van der Waals surface area contributed by atoms with E-state index in [4.69, 9.17) is 5.84 Å². The molecule has 0 bridgehead atoms. The zero-order valence-electron chi connectivity index (χ0n) is 10.8. The van der Waals surface area contributed by atoms with Crippen molar-refractivity contribution in [3.63, 3.8) is 0 Å².